The maximum Gasteiger partial charge on any atom is 0.164 e. The maximum absolute atomic E-state index is 6.01. The Kier molecular flexibility index (Phi) is 3.94. The van der Waals surface area contributed by atoms with Gasteiger partial charge in [0, 0.05) is 23.0 Å². The Morgan fingerprint density at radius 2 is 1.88 bits per heavy atom. The second kappa shape index (κ2) is 6.32. The van der Waals surface area contributed by atoms with Gasteiger partial charge < -0.3 is 10.3 Å². The van der Waals surface area contributed by atoms with Crippen LogP contribution in [0.15, 0.2) is 41.8 Å². The Bertz CT molecular complexity index is 902. The van der Waals surface area contributed by atoms with E-state index < -0.39 is 0 Å². The molecule has 5 heteroatoms. The summed E-state index contributed by atoms with van der Waals surface area (Å²) >= 11 is 1.87. The average molecular weight is 365 g/mol. The third-order valence-corrected chi connectivity index (χ3v) is 7.04. The number of benzene rings is 1. The molecule has 0 saturated heterocycles. The second-order valence-electron chi connectivity index (χ2n) is 7.58. The fraction of sp³-hybridized carbons (Fsp3) is 0.429. The molecule has 2 saturated carbocycles. The first-order valence-corrected chi connectivity index (χ1v) is 10.5. The smallest absolute Gasteiger partial charge is 0.164 e. The largest absolute Gasteiger partial charge is 0.326 e. The topological polar surface area (TPSA) is 56.7 Å². The molecule has 3 aromatic rings. The molecule has 2 aromatic heterocycles. The van der Waals surface area contributed by atoms with E-state index in [-0.39, 0.29) is 5.41 Å². The van der Waals surface area contributed by atoms with Crippen molar-refractivity contribution < 1.29 is 0 Å². The molecule has 0 aliphatic heterocycles. The average Bonchev–Trinajstić information content (AvgIpc) is 3.13. The molecule has 0 unspecified atom stereocenters. The molecule has 2 aliphatic rings. The zero-order chi connectivity index (χ0) is 17.6. The van der Waals surface area contributed by atoms with Crippen LogP contribution in [0.3, 0.4) is 0 Å². The summed E-state index contributed by atoms with van der Waals surface area (Å²) in [4.78, 5) is 1.45. The van der Waals surface area contributed by atoms with Crippen molar-refractivity contribution in [3.05, 3.63) is 58.0 Å². The van der Waals surface area contributed by atoms with E-state index in [9.17, 15) is 0 Å². The number of aromatic nitrogens is 3. The summed E-state index contributed by atoms with van der Waals surface area (Å²) < 4.78 is 2.46. The number of nitrogens with zero attached hydrogens (tertiary/aromatic N) is 3. The van der Waals surface area contributed by atoms with Crippen LogP contribution >= 0.6 is 11.3 Å². The highest BCUT2D eigenvalue weighted by Crippen LogP contribution is 2.50. The van der Waals surface area contributed by atoms with Crippen molar-refractivity contribution in [3.63, 3.8) is 0 Å². The summed E-state index contributed by atoms with van der Waals surface area (Å²) in [5.41, 5.74) is 8.33. The summed E-state index contributed by atoms with van der Waals surface area (Å²) in [6, 6.07) is 13.4. The third-order valence-electron chi connectivity index (χ3n) is 5.96. The van der Waals surface area contributed by atoms with E-state index in [1.807, 2.05) is 11.3 Å². The number of hydrogen-bond acceptors (Lipinski definition) is 4. The van der Waals surface area contributed by atoms with Crippen molar-refractivity contribution >= 4 is 11.3 Å². The summed E-state index contributed by atoms with van der Waals surface area (Å²) in [7, 11) is 0. The molecule has 2 heterocycles. The van der Waals surface area contributed by atoms with E-state index in [2.05, 4.69) is 46.3 Å². The Labute approximate surface area is 158 Å². The molecular weight excluding hydrogens is 340 g/mol. The minimum absolute atomic E-state index is 0.0413. The quantitative estimate of drug-likeness (QED) is 0.716. The van der Waals surface area contributed by atoms with Crippen LogP contribution in [0.2, 0.25) is 0 Å². The first-order chi connectivity index (χ1) is 12.8. The van der Waals surface area contributed by atoms with Gasteiger partial charge in [-0.2, -0.15) is 0 Å². The van der Waals surface area contributed by atoms with Gasteiger partial charge in [0.15, 0.2) is 5.82 Å². The molecule has 5 rings (SSSR count). The molecular formula is C21H24N4S. The van der Waals surface area contributed by atoms with Crippen molar-refractivity contribution in [2.45, 2.75) is 56.5 Å². The minimum Gasteiger partial charge on any atom is -0.326 e. The highest BCUT2D eigenvalue weighted by molar-refractivity contribution is 7.10. The van der Waals surface area contributed by atoms with Crippen molar-refractivity contribution in [1.82, 2.24) is 14.8 Å². The third kappa shape index (κ3) is 2.45. The lowest BCUT2D eigenvalue weighted by molar-refractivity contribution is 0.475. The molecule has 2 aliphatic carbocycles. The van der Waals surface area contributed by atoms with E-state index in [1.54, 1.807) is 0 Å². The standard InChI is InChI=1S/C21H24N4S/c22-14-15-6-1-2-7-17(15)19-23-24-20(25(19)16-9-10-16)21(11-3-4-12-21)18-8-5-13-26-18/h1-2,5-8,13,16H,3-4,9-12,14,22H2. The van der Waals surface area contributed by atoms with Gasteiger partial charge in [-0.25, -0.2) is 0 Å². The van der Waals surface area contributed by atoms with Gasteiger partial charge in [-0.1, -0.05) is 43.2 Å². The van der Waals surface area contributed by atoms with Crippen molar-refractivity contribution in [3.8, 4) is 11.4 Å². The first kappa shape index (κ1) is 16.2. The predicted octanol–water partition coefficient (Wildman–Crippen LogP) is 4.66. The Hall–Kier alpha value is -1.98. The molecule has 0 bridgehead atoms. The second-order valence-corrected chi connectivity index (χ2v) is 8.52. The van der Waals surface area contributed by atoms with E-state index in [1.165, 1.54) is 49.2 Å². The molecule has 2 N–H and O–H groups in total. The molecule has 0 radical (unpaired) electrons. The Morgan fingerprint density at radius 1 is 1.08 bits per heavy atom. The number of thiophene rings is 1. The van der Waals surface area contributed by atoms with Crippen LogP contribution in [0.5, 0.6) is 0 Å². The first-order valence-electron chi connectivity index (χ1n) is 9.61. The SMILES string of the molecule is NCc1ccccc1-c1nnc(C2(c3cccs3)CCCC2)n1C1CC1. The Balaban J connectivity index is 1.71. The Morgan fingerprint density at radius 3 is 2.58 bits per heavy atom. The summed E-state index contributed by atoms with van der Waals surface area (Å²) in [6.45, 7) is 0.527. The van der Waals surface area contributed by atoms with E-state index >= 15 is 0 Å². The zero-order valence-corrected chi connectivity index (χ0v) is 15.7. The molecule has 0 spiro atoms. The van der Waals surface area contributed by atoms with Gasteiger partial charge in [0.1, 0.15) is 5.82 Å². The summed E-state index contributed by atoms with van der Waals surface area (Å²) in [5, 5.41) is 11.7. The fourth-order valence-electron chi connectivity index (χ4n) is 4.51. The predicted molar refractivity (Wildman–Crippen MR) is 105 cm³/mol. The lowest BCUT2D eigenvalue weighted by atomic mass is 9.83. The molecule has 1 aromatic carbocycles. The lowest BCUT2D eigenvalue weighted by Crippen LogP contribution is -2.27. The molecule has 2 fully saturated rings. The van der Waals surface area contributed by atoms with Crippen molar-refractivity contribution in [2.24, 2.45) is 5.73 Å². The molecule has 26 heavy (non-hydrogen) atoms. The van der Waals surface area contributed by atoms with Gasteiger partial charge in [0.2, 0.25) is 0 Å². The van der Waals surface area contributed by atoms with Crippen LogP contribution in [-0.2, 0) is 12.0 Å². The number of hydrogen-bond donors (Lipinski definition) is 1. The van der Waals surface area contributed by atoms with Gasteiger partial charge >= 0.3 is 0 Å². The van der Waals surface area contributed by atoms with Gasteiger partial charge in [0.25, 0.3) is 0 Å². The van der Waals surface area contributed by atoms with Gasteiger partial charge in [0.05, 0.1) is 5.41 Å². The van der Waals surface area contributed by atoms with E-state index in [0.717, 1.165) is 17.0 Å². The van der Waals surface area contributed by atoms with Crippen LogP contribution in [-0.4, -0.2) is 14.8 Å². The van der Waals surface area contributed by atoms with Crippen molar-refractivity contribution in [2.75, 3.05) is 0 Å². The van der Waals surface area contributed by atoms with Crippen LogP contribution in [0.4, 0.5) is 0 Å². The molecule has 134 valence electrons. The van der Waals surface area contributed by atoms with E-state index in [4.69, 9.17) is 15.9 Å². The summed E-state index contributed by atoms with van der Waals surface area (Å²) in [6.07, 6.45) is 7.34. The van der Waals surface area contributed by atoms with Crippen LogP contribution in [0, 0.1) is 0 Å². The fourth-order valence-corrected chi connectivity index (χ4v) is 5.49. The van der Waals surface area contributed by atoms with Crippen LogP contribution in [0.25, 0.3) is 11.4 Å². The van der Waals surface area contributed by atoms with Gasteiger partial charge in [-0.3, -0.25) is 0 Å². The number of nitrogens with two attached hydrogens (primary N) is 1. The lowest BCUT2D eigenvalue weighted by Gasteiger charge is -2.28. The zero-order valence-electron chi connectivity index (χ0n) is 14.9. The van der Waals surface area contributed by atoms with Crippen LogP contribution in [0.1, 0.15) is 60.8 Å². The minimum atomic E-state index is 0.0413. The summed E-state index contributed by atoms with van der Waals surface area (Å²) in [5.74, 6) is 2.19. The van der Waals surface area contributed by atoms with Crippen molar-refractivity contribution in [1.29, 1.82) is 0 Å². The molecule has 4 nitrogen and oxygen atoms in total. The highest BCUT2D eigenvalue weighted by Gasteiger charge is 2.45. The van der Waals surface area contributed by atoms with Gasteiger partial charge in [-0.15, -0.1) is 21.5 Å². The normalized spacial score (nSPS) is 19.1. The monoisotopic (exact) mass is 364 g/mol. The maximum atomic E-state index is 6.01. The van der Waals surface area contributed by atoms with Gasteiger partial charge in [-0.05, 0) is 42.7 Å². The molecule has 0 amide bonds. The molecule has 0 atom stereocenters. The highest BCUT2D eigenvalue weighted by atomic mass is 32.1. The van der Waals surface area contributed by atoms with Crippen LogP contribution < -0.4 is 5.73 Å². The number of rotatable bonds is 5. The van der Waals surface area contributed by atoms with E-state index in [0.29, 0.717) is 12.6 Å².